The lowest BCUT2D eigenvalue weighted by atomic mass is 9.98. The third-order valence-electron chi connectivity index (χ3n) is 7.15. The van der Waals surface area contributed by atoms with E-state index in [1.807, 2.05) is 6.92 Å². The lowest BCUT2D eigenvalue weighted by molar-refractivity contribution is 0.193. The molecule has 35 heavy (non-hydrogen) atoms. The van der Waals surface area contributed by atoms with Crippen molar-refractivity contribution in [3.05, 3.63) is 57.0 Å². The Labute approximate surface area is 204 Å². The average Bonchev–Trinajstić information content (AvgIpc) is 3.37. The molecule has 3 aromatic rings. The second kappa shape index (κ2) is 8.72. The summed E-state index contributed by atoms with van der Waals surface area (Å²) < 4.78 is 33.2. The molecular weight excluding hydrogens is 468 g/mol. The van der Waals surface area contributed by atoms with Gasteiger partial charge in [0.05, 0.1) is 28.5 Å². The van der Waals surface area contributed by atoms with Crippen LogP contribution < -0.4 is 16.0 Å². The van der Waals surface area contributed by atoms with Crippen molar-refractivity contribution in [2.24, 2.45) is 13.0 Å². The minimum absolute atomic E-state index is 0.0331. The largest absolute Gasteiger partial charge is 0.331 e. The van der Waals surface area contributed by atoms with Crippen molar-refractivity contribution < 1.29 is 8.42 Å². The molecule has 5 rings (SSSR count). The van der Waals surface area contributed by atoms with Gasteiger partial charge in [-0.1, -0.05) is 0 Å². The van der Waals surface area contributed by atoms with Crippen molar-refractivity contribution in [2.75, 3.05) is 20.1 Å². The lowest BCUT2D eigenvalue weighted by Gasteiger charge is -2.30. The van der Waals surface area contributed by atoms with Gasteiger partial charge in [0.25, 0.3) is 5.56 Å². The van der Waals surface area contributed by atoms with Gasteiger partial charge in [0.2, 0.25) is 10.0 Å². The molecule has 1 saturated carbocycles. The summed E-state index contributed by atoms with van der Waals surface area (Å²) in [5, 5.41) is 4.37. The minimum atomic E-state index is -3.80. The maximum atomic E-state index is 13.6. The van der Waals surface area contributed by atoms with Gasteiger partial charge < -0.3 is 4.90 Å². The maximum absolute atomic E-state index is 13.6. The zero-order chi connectivity index (χ0) is 25.0. The van der Waals surface area contributed by atoms with E-state index < -0.39 is 21.1 Å². The molecule has 1 saturated heterocycles. The van der Waals surface area contributed by atoms with Crippen LogP contribution in [0.4, 0.5) is 0 Å². The van der Waals surface area contributed by atoms with Gasteiger partial charge >= 0.3 is 5.69 Å². The van der Waals surface area contributed by atoms with Gasteiger partial charge in [-0.15, -0.1) is 0 Å². The summed E-state index contributed by atoms with van der Waals surface area (Å²) in [6, 6.07) is 4.50. The molecule has 0 spiro atoms. The van der Waals surface area contributed by atoms with Crippen molar-refractivity contribution in [2.45, 2.75) is 56.1 Å². The second-order valence-corrected chi connectivity index (χ2v) is 12.1. The van der Waals surface area contributed by atoms with Gasteiger partial charge in [0, 0.05) is 37.4 Å². The summed E-state index contributed by atoms with van der Waals surface area (Å²) in [5.41, 5.74) is -0.131. The quantitative estimate of drug-likeness (QED) is 0.520. The Kier molecular flexibility index (Phi) is 5.97. The first-order valence-electron chi connectivity index (χ1n) is 12.0. The fourth-order valence-electron chi connectivity index (χ4n) is 4.98. The number of nitrogens with one attached hydrogen (secondary N) is 1. The summed E-state index contributed by atoms with van der Waals surface area (Å²) >= 11 is 0. The molecule has 1 aliphatic heterocycles. The number of hydrogen-bond donors (Lipinski definition) is 1. The third-order valence-corrected chi connectivity index (χ3v) is 8.79. The van der Waals surface area contributed by atoms with Gasteiger partial charge in [0.1, 0.15) is 0 Å². The SMILES string of the molecule is CN1CCCC(Cn2c(=O)n(Cc3cnn(C)c3)c(=O)c3cc(S(=O)(=O)NC4(C)CC4)ccc32)C1. The van der Waals surface area contributed by atoms with Crippen LogP contribution in [0.2, 0.25) is 0 Å². The lowest BCUT2D eigenvalue weighted by Crippen LogP contribution is -2.43. The molecule has 2 aliphatic rings. The van der Waals surface area contributed by atoms with E-state index in [1.165, 1.54) is 16.7 Å². The monoisotopic (exact) mass is 500 g/mol. The number of hydrogen-bond acceptors (Lipinski definition) is 6. The summed E-state index contributed by atoms with van der Waals surface area (Å²) in [7, 11) is 0.0481. The first-order valence-corrected chi connectivity index (χ1v) is 13.5. The molecule has 11 heteroatoms. The molecule has 0 bridgehead atoms. The molecule has 188 valence electrons. The zero-order valence-corrected chi connectivity index (χ0v) is 21.2. The van der Waals surface area contributed by atoms with Crippen LogP contribution >= 0.6 is 0 Å². The van der Waals surface area contributed by atoms with Crippen LogP contribution in [0.5, 0.6) is 0 Å². The van der Waals surface area contributed by atoms with E-state index in [-0.39, 0.29) is 28.4 Å². The molecule has 2 aromatic heterocycles. The van der Waals surface area contributed by atoms with Crippen molar-refractivity contribution >= 4 is 20.9 Å². The molecule has 0 radical (unpaired) electrons. The van der Waals surface area contributed by atoms with Gasteiger partial charge in [-0.25, -0.2) is 17.9 Å². The fraction of sp³-hybridized carbons (Fsp3) is 0.542. The first-order chi connectivity index (χ1) is 16.5. The maximum Gasteiger partial charge on any atom is 0.331 e. The van der Waals surface area contributed by atoms with E-state index in [1.54, 1.807) is 34.8 Å². The van der Waals surface area contributed by atoms with Gasteiger partial charge in [-0.3, -0.25) is 18.6 Å². The number of likely N-dealkylation sites (tertiary alicyclic amines) is 1. The zero-order valence-electron chi connectivity index (χ0n) is 20.4. The summed E-state index contributed by atoms with van der Waals surface area (Å²) in [4.78, 5) is 29.4. The number of rotatable bonds is 7. The topological polar surface area (TPSA) is 111 Å². The summed E-state index contributed by atoms with van der Waals surface area (Å²) in [6.45, 7) is 4.30. The standard InChI is InChI=1S/C24H32N6O4S/c1-24(8-9-24)26-35(33,34)19-6-7-21-20(11-19)22(31)30(16-18-12-25-28(3)14-18)23(32)29(21)15-17-5-4-10-27(2)13-17/h6-7,11-12,14,17,26H,4-5,8-10,13,15-16H2,1-3H3. The van der Waals surface area contributed by atoms with Crippen molar-refractivity contribution in [1.82, 2.24) is 28.5 Å². The number of fused-ring (bicyclic) bond motifs is 1. The molecule has 1 atom stereocenters. The Balaban J connectivity index is 1.64. The smallest absolute Gasteiger partial charge is 0.306 e. The second-order valence-electron chi connectivity index (χ2n) is 10.4. The van der Waals surface area contributed by atoms with Crippen LogP contribution in [0.1, 0.15) is 38.2 Å². The van der Waals surface area contributed by atoms with E-state index in [9.17, 15) is 18.0 Å². The average molecular weight is 501 g/mol. The van der Waals surface area contributed by atoms with E-state index in [0.717, 1.165) is 44.3 Å². The van der Waals surface area contributed by atoms with Gasteiger partial charge in [0.15, 0.2) is 0 Å². The highest BCUT2D eigenvalue weighted by atomic mass is 32.2. The molecule has 10 nitrogen and oxygen atoms in total. The molecule has 1 unspecified atom stereocenters. The number of sulfonamides is 1. The first kappa shape index (κ1) is 24.0. The molecule has 1 aromatic carbocycles. The van der Waals surface area contributed by atoms with Crippen molar-refractivity contribution in [3.63, 3.8) is 0 Å². The van der Waals surface area contributed by atoms with E-state index in [4.69, 9.17) is 0 Å². The molecule has 3 heterocycles. The molecule has 1 aliphatic carbocycles. The summed E-state index contributed by atoms with van der Waals surface area (Å²) in [5.74, 6) is 0.263. The Hall–Kier alpha value is -2.76. The minimum Gasteiger partial charge on any atom is -0.306 e. The predicted molar refractivity (Wildman–Crippen MR) is 133 cm³/mol. The number of aromatic nitrogens is 4. The van der Waals surface area contributed by atoms with Crippen LogP contribution in [0.25, 0.3) is 10.9 Å². The van der Waals surface area contributed by atoms with Crippen LogP contribution in [-0.4, -0.2) is 57.9 Å². The Morgan fingerprint density at radius 1 is 1.17 bits per heavy atom. The van der Waals surface area contributed by atoms with E-state index >= 15 is 0 Å². The summed E-state index contributed by atoms with van der Waals surface area (Å²) in [6.07, 6.45) is 7.00. The Morgan fingerprint density at radius 3 is 2.60 bits per heavy atom. The molecular formula is C24H32N6O4S. The van der Waals surface area contributed by atoms with E-state index in [0.29, 0.717) is 12.1 Å². The Bertz CT molecular complexity index is 1500. The van der Waals surface area contributed by atoms with Crippen molar-refractivity contribution in [3.8, 4) is 0 Å². The number of aryl methyl sites for hydroxylation is 1. The third kappa shape index (κ3) is 4.85. The number of benzene rings is 1. The predicted octanol–water partition coefficient (Wildman–Crippen LogP) is 1.12. The normalized spacial score (nSPS) is 20.4. The van der Waals surface area contributed by atoms with Gasteiger partial charge in [-0.2, -0.15) is 5.10 Å². The van der Waals surface area contributed by atoms with Crippen molar-refractivity contribution in [1.29, 1.82) is 0 Å². The van der Waals surface area contributed by atoms with Crippen LogP contribution in [0, 0.1) is 5.92 Å². The van der Waals surface area contributed by atoms with Crippen LogP contribution in [-0.2, 0) is 30.2 Å². The fourth-order valence-corrected chi connectivity index (χ4v) is 6.47. The molecule has 1 N–H and O–H groups in total. The van der Waals surface area contributed by atoms with Crippen LogP contribution in [0.3, 0.4) is 0 Å². The van der Waals surface area contributed by atoms with E-state index in [2.05, 4.69) is 21.8 Å². The highest BCUT2D eigenvalue weighted by Crippen LogP contribution is 2.36. The number of nitrogens with zero attached hydrogens (tertiary/aromatic N) is 5. The highest BCUT2D eigenvalue weighted by molar-refractivity contribution is 7.89. The molecule has 2 fully saturated rings. The van der Waals surface area contributed by atoms with Gasteiger partial charge in [-0.05, 0) is 70.3 Å². The van der Waals surface area contributed by atoms with Crippen LogP contribution in [0.15, 0.2) is 45.1 Å². The number of piperidine rings is 1. The Morgan fingerprint density at radius 2 is 1.94 bits per heavy atom. The molecule has 0 amide bonds. The highest BCUT2D eigenvalue weighted by Gasteiger charge is 2.41.